The van der Waals surface area contributed by atoms with Crippen LogP contribution in [0, 0.1) is 6.92 Å². The molecule has 2 aliphatic heterocycles. The van der Waals surface area contributed by atoms with E-state index in [1.54, 1.807) is 10.8 Å². The summed E-state index contributed by atoms with van der Waals surface area (Å²) in [7, 11) is 0. The quantitative estimate of drug-likeness (QED) is 0.190. The van der Waals surface area contributed by atoms with Gasteiger partial charge < -0.3 is 18.9 Å². The summed E-state index contributed by atoms with van der Waals surface area (Å²) in [4.78, 5) is 36.2. The zero-order chi connectivity index (χ0) is 22.1. The number of hydrogen-bond donors (Lipinski definition) is 0. The van der Waals surface area contributed by atoms with E-state index in [1.165, 1.54) is 0 Å². The van der Waals surface area contributed by atoms with Crippen molar-refractivity contribution in [3.63, 3.8) is 0 Å². The van der Waals surface area contributed by atoms with Crippen LogP contribution in [-0.4, -0.2) is 89.8 Å². The third kappa shape index (κ3) is 6.68. The number of carbonyl (C=O) groups is 2. The Morgan fingerprint density at radius 1 is 1.29 bits per heavy atom. The number of morpholine rings is 1. The molecule has 31 heavy (non-hydrogen) atoms. The zero-order valence-electron chi connectivity index (χ0n) is 18.1. The predicted octanol–water partition coefficient (Wildman–Crippen LogP) is 1.30. The first-order valence-electron chi connectivity index (χ1n) is 10.9. The van der Waals surface area contributed by atoms with Gasteiger partial charge in [-0.05, 0) is 25.3 Å². The van der Waals surface area contributed by atoms with E-state index in [0.717, 1.165) is 57.9 Å². The SMILES string of the molecule is Cc1cnc(CCC(=O)N2CCC(N3CCOCC3)CC2)n1CC(=O)OCCN=[N+]=[N-]. The number of amides is 1. The Balaban J connectivity index is 1.44. The van der Waals surface area contributed by atoms with Crippen molar-refractivity contribution in [2.75, 3.05) is 52.5 Å². The third-order valence-electron chi connectivity index (χ3n) is 5.88. The fourth-order valence-electron chi connectivity index (χ4n) is 4.15. The first kappa shape index (κ1) is 23.1. The number of imidazole rings is 1. The minimum atomic E-state index is -0.424. The van der Waals surface area contributed by atoms with Gasteiger partial charge in [-0.1, -0.05) is 5.11 Å². The largest absolute Gasteiger partial charge is 0.464 e. The van der Waals surface area contributed by atoms with E-state index in [4.69, 9.17) is 15.0 Å². The van der Waals surface area contributed by atoms with Crippen LogP contribution in [-0.2, 0) is 32.0 Å². The lowest BCUT2D eigenvalue weighted by molar-refractivity contribution is -0.144. The summed E-state index contributed by atoms with van der Waals surface area (Å²) in [5.74, 6) is 0.401. The molecular weight excluding hydrogens is 402 g/mol. The molecule has 0 aromatic carbocycles. The van der Waals surface area contributed by atoms with E-state index in [2.05, 4.69) is 19.9 Å². The molecule has 0 unspecified atom stereocenters. The second-order valence-electron chi connectivity index (χ2n) is 7.84. The fourth-order valence-corrected chi connectivity index (χ4v) is 4.15. The maximum absolute atomic E-state index is 12.7. The van der Waals surface area contributed by atoms with Crippen LogP contribution < -0.4 is 0 Å². The minimum absolute atomic E-state index is 0.0244. The summed E-state index contributed by atoms with van der Waals surface area (Å²) in [6.45, 7) is 7.16. The van der Waals surface area contributed by atoms with Crippen LogP contribution in [0.5, 0.6) is 0 Å². The molecule has 2 saturated heterocycles. The Morgan fingerprint density at radius 3 is 2.74 bits per heavy atom. The van der Waals surface area contributed by atoms with Gasteiger partial charge in [-0.2, -0.15) is 0 Å². The third-order valence-corrected chi connectivity index (χ3v) is 5.88. The number of hydrogen-bond acceptors (Lipinski definition) is 7. The Kier molecular flexibility index (Phi) is 8.69. The van der Waals surface area contributed by atoms with Gasteiger partial charge in [0.05, 0.1) is 26.4 Å². The van der Waals surface area contributed by atoms with Crippen LogP contribution in [0.25, 0.3) is 10.4 Å². The highest BCUT2D eigenvalue weighted by molar-refractivity contribution is 5.76. The molecule has 2 fully saturated rings. The zero-order valence-corrected chi connectivity index (χ0v) is 18.1. The average Bonchev–Trinajstić information content (AvgIpc) is 3.15. The smallest absolute Gasteiger partial charge is 0.326 e. The van der Waals surface area contributed by atoms with Gasteiger partial charge >= 0.3 is 5.97 Å². The maximum atomic E-state index is 12.7. The lowest BCUT2D eigenvalue weighted by Gasteiger charge is -2.40. The van der Waals surface area contributed by atoms with Gasteiger partial charge in [0.25, 0.3) is 0 Å². The van der Waals surface area contributed by atoms with Gasteiger partial charge in [0.1, 0.15) is 12.4 Å². The lowest BCUT2D eigenvalue weighted by Crippen LogP contribution is -2.50. The van der Waals surface area contributed by atoms with Crippen LogP contribution in [0.1, 0.15) is 30.8 Å². The summed E-state index contributed by atoms with van der Waals surface area (Å²) in [6.07, 6.45) is 4.54. The van der Waals surface area contributed by atoms with Crippen molar-refractivity contribution in [3.05, 3.63) is 28.2 Å². The van der Waals surface area contributed by atoms with Crippen molar-refractivity contribution in [3.8, 4) is 0 Å². The van der Waals surface area contributed by atoms with E-state index in [0.29, 0.717) is 24.7 Å². The maximum Gasteiger partial charge on any atom is 0.326 e. The fraction of sp³-hybridized carbons (Fsp3) is 0.750. The second kappa shape index (κ2) is 11.7. The highest BCUT2D eigenvalue weighted by Gasteiger charge is 2.27. The van der Waals surface area contributed by atoms with Crippen molar-refractivity contribution >= 4 is 11.9 Å². The second-order valence-corrected chi connectivity index (χ2v) is 7.84. The Morgan fingerprint density at radius 2 is 2.03 bits per heavy atom. The molecule has 2 aliphatic rings. The van der Waals surface area contributed by atoms with Crippen molar-refractivity contribution < 1.29 is 19.1 Å². The van der Waals surface area contributed by atoms with Crippen molar-refractivity contribution in [2.24, 2.45) is 5.11 Å². The van der Waals surface area contributed by atoms with Gasteiger partial charge in [0.15, 0.2) is 0 Å². The van der Waals surface area contributed by atoms with E-state index in [-0.39, 0.29) is 25.6 Å². The average molecular weight is 434 g/mol. The minimum Gasteiger partial charge on any atom is -0.464 e. The number of carbonyl (C=O) groups excluding carboxylic acids is 2. The number of nitrogens with zero attached hydrogens (tertiary/aromatic N) is 7. The van der Waals surface area contributed by atoms with Gasteiger partial charge in [-0.25, -0.2) is 4.98 Å². The standard InChI is InChI=1S/C20H31N7O4/c1-16-14-22-18(27(16)15-20(29)31-11-6-23-24-21)2-3-19(28)26-7-4-17(5-8-26)25-9-12-30-13-10-25/h14,17H,2-13,15H2,1H3. The predicted molar refractivity (Wildman–Crippen MR) is 112 cm³/mol. The number of aryl methyl sites for hydroxylation is 2. The normalized spacial score (nSPS) is 17.9. The molecule has 3 rings (SSSR count). The monoisotopic (exact) mass is 433 g/mol. The van der Waals surface area contributed by atoms with Gasteiger partial charge in [0.2, 0.25) is 5.91 Å². The van der Waals surface area contributed by atoms with Crippen LogP contribution in [0.4, 0.5) is 0 Å². The molecule has 0 bridgehead atoms. The molecular formula is C20H31N7O4. The van der Waals surface area contributed by atoms with Crippen LogP contribution in [0.3, 0.4) is 0 Å². The first-order chi connectivity index (χ1) is 15.1. The van der Waals surface area contributed by atoms with Crippen molar-refractivity contribution in [1.29, 1.82) is 0 Å². The van der Waals surface area contributed by atoms with E-state index >= 15 is 0 Å². The molecule has 11 heteroatoms. The van der Waals surface area contributed by atoms with Crippen molar-refractivity contribution in [2.45, 2.75) is 45.2 Å². The summed E-state index contributed by atoms with van der Waals surface area (Å²) < 4.78 is 12.3. The molecule has 1 aromatic rings. The molecule has 1 aromatic heterocycles. The van der Waals surface area contributed by atoms with Gasteiger partial charge in [-0.15, -0.1) is 0 Å². The first-order valence-corrected chi connectivity index (χ1v) is 10.9. The molecule has 3 heterocycles. The highest BCUT2D eigenvalue weighted by atomic mass is 16.5. The molecule has 0 saturated carbocycles. The number of ether oxygens (including phenoxy) is 2. The van der Waals surface area contributed by atoms with E-state index < -0.39 is 5.97 Å². The lowest BCUT2D eigenvalue weighted by atomic mass is 10.0. The van der Waals surface area contributed by atoms with Gasteiger partial charge in [-0.3, -0.25) is 14.5 Å². The molecule has 0 radical (unpaired) electrons. The molecule has 1 amide bonds. The summed E-state index contributed by atoms with van der Waals surface area (Å²) in [6, 6.07) is 0.541. The number of esters is 1. The van der Waals surface area contributed by atoms with Gasteiger partial charge in [0, 0.05) is 61.9 Å². The molecule has 0 N–H and O–H groups in total. The van der Waals surface area contributed by atoms with Crippen LogP contribution >= 0.6 is 0 Å². The number of aromatic nitrogens is 2. The number of rotatable bonds is 9. The van der Waals surface area contributed by atoms with Crippen LogP contribution in [0.15, 0.2) is 11.3 Å². The number of piperidine rings is 1. The highest BCUT2D eigenvalue weighted by Crippen LogP contribution is 2.19. The van der Waals surface area contributed by atoms with Crippen molar-refractivity contribution in [1.82, 2.24) is 19.4 Å². The number of azide groups is 1. The Bertz CT molecular complexity index is 791. The summed E-state index contributed by atoms with van der Waals surface area (Å²) in [5.41, 5.74) is 9.08. The Hall–Kier alpha value is -2.62. The summed E-state index contributed by atoms with van der Waals surface area (Å²) in [5, 5.41) is 3.33. The van der Waals surface area contributed by atoms with E-state index in [9.17, 15) is 9.59 Å². The molecule has 170 valence electrons. The van der Waals surface area contributed by atoms with Crippen LogP contribution in [0.2, 0.25) is 0 Å². The molecule has 0 spiro atoms. The Labute approximate surface area is 181 Å². The van der Waals surface area contributed by atoms with E-state index in [1.807, 2.05) is 11.8 Å². The topological polar surface area (TPSA) is 126 Å². The molecule has 11 nitrogen and oxygen atoms in total. The summed E-state index contributed by atoms with van der Waals surface area (Å²) >= 11 is 0. The molecule has 0 aliphatic carbocycles. The molecule has 0 atom stereocenters. The number of likely N-dealkylation sites (tertiary alicyclic amines) is 1.